The normalized spacial score (nSPS) is 32.8. The lowest BCUT2D eigenvalue weighted by Crippen LogP contribution is -2.43. The smallest absolute Gasteiger partial charge is 0.320 e. The van der Waals surface area contributed by atoms with Crippen LogP contribution in [0.1, 0.15) is 25.7 Å². The van der Waals surface area contributed by atoms with Crippen molar-refractivity contribution in [3.05, 3.63) is 0 Å². The Morgan fingerprint density at radius 2 is 2.26 bits per heavy atom. The minimum atomic E-state index is 0.216. The second kappa shape index (κ2) is 5.67. The first-order valence-corrected chi connectivity index (χ1v) is 7.58. The molecule has 2 saturated heterocycles. The van der Waals surface area contributed by atoms with Gasteiger partial charge in [0.05, 0.1) is 19.3 Å². The number of nitrogens with one attached hydrogen (secondary N) is 1. The highest BCUT2D eigenvalue weighted by molar-refractivity contribution is 5.77. The quantitative estimate of drug-likeness (QED) is 0.823. The van der Waals surface area contributed by atoms with Crippen molar-refractivity contribution in [2.45, 2.75) is 37.8 Å². The molecule has 2 atom stereocenters. The SMILES string of the molecule is CN1C(=O)N(CCC2COCCN2)CC1C1CCC1. The Hall–Kier alpha value is -0.810. The van der Waals surface area contributed by atoms with Gasteiger partial charge in [-0.05, 0) is 25.2 Å². The standard InChI is InChI=1S/C14H25N3O2/c1-16-13(11-3-2-4-11)9-17(14(16)18)7-5-12-10-19-8-6-15-12/h11-13,15H,2-10H2,1H3. The van der Waals surface area contributed by atoms with E-state index in [0.717, 1.165) is 45.2 Å². The Morgan fingerprint density at radius 1 is 1.42 bits per heavy atom. The molecule has 2 unspecified atom stereocenters. The molecule has 108 valence electrons. The van der Waals surface area contributed by atoms with Gasteiger partial charge in [0.2, 0.25) is 0 Å². The Balaban J connectivity index is 1.49. The number of urea groups is 1. The van der Waals surface area contributed by atoms with Gasteiger partial charge in [-0.1, -0.05) is 6.42 Å². The van der Waals surface area contributed by atoms with Gasteiger partial charge in [0.1, 0.15) is 0 Å². The summed E-state index contributed by atoms with van der Waals surface area (Å²) in [6, 6.07) is 1.08. The van der Waals surface area contributed by atoms with E-state index < -0.39 is 0 Å². The fourth-order valence-electron chi connectivity index (χ4n) is 3.38. The summed E-state index contributed by atoms with van der Waals surface area (Å²) in [6.45, 7) is 4.31. The minimum Gasteiger partial charge on any atom is -0.379 e. The third-order valence-corrected chi connectivity index (χ3v) is 4.92. The lowest BCUT2D eigenvalue weighted by Gasteiger charge is -2.34. The molecule has 5 nitrogen and oxygen atoms in total. The molecule has 19 heavy (non-hydrogen) atoms. The number of amides is 2. The van der Waals surface area contributed by atoms with Crippen molar-refractivity contribution in [3.63, 3.8) is 0 Å². The van der Waals surface area contributed by atoms with E-state index in [-0.39, 0.29) is 6.03 Å². The minimum absolute atomic E-state index is 0.216. The molecular weight excluding hydrogens is 242 g/mol. The predicted molar refractivity (Wildman–Crippen MR) is 73.1 cm³/mol. The number of nitrogens with zero attached hydrogens (tertiary/aromatic N) is 2. The number of carbonyl (C=O) groups excluding carboxylic acids is 1. The Labute approximate surface area is 115 Å². The van der Waals surface area contributed by atoms with Crippen molar-refractivity contribution >= 4 is 6.03 Å². The molecule has 5 heteroatoms. The number of carbonyl (C=O) groups is 1. The molecule has 3 rings (SSSR count). The average Bonchev–Trinajstić information content (AvgIpc) is 2.64. The van der Waals surface area contributed by atoms with Gasteiger partial charge in [0, 0.05) is 32.7 Å². The maximum Gasteiger partial charge on any atom is 0.320 e. The Morgan fingerprint density at radius 3 is 2.89 bits per heavy atom. The third-order valence-electron chi connectivity index (χ3n) is 4.92. The second-order valence-corrected chi connectivity index (χ2v) is 6.11. The summed E-state index contributed by atoms with van der Waals surface area (Å²) in [7, 11) is 1.97. The molecule has 1 aliphatic carbocycles. The lowest BCUT2D eigenvalue weighted by atomic mass is 9.79. The summed E-state index contributed by atoms with van der Waals surface area (Å²) >= 11 is 0. The molecule has 3 fully saturated rings. The predicted octanol–water partition coefficient (Wildman–Crippen LogP) is 0.901. The van der Waals surface area contributed by atoms with E-state index in [0.29, 0.717) is 12.1 Å². The molecule has 0 bridgehead atoms. The highest BCUT2D eigenvalue weighted by Gasteiger charge is 2.40. The Kier molecular flexibility index (Phi) is 3.93. The van der Waals surface area contributed by atoms with E-state index in [4.69, 9.17) is 4.74 Å². The zero-order valence-corrected chi connectivity index (χ0v) is 11.8. The van der Waals surface area contributed by atoms with Crippen LogP contribution in [0.4, 0.5) is 4.79 Å². The molecule has 3 aliphatic rings. The van der Waals surface area contributed by atoms with Gasteiger partial charge < -0.3 is 19.9 Å². The van der Waals surface area contributed by atoms with Gasteiger partial charge in [0.15, 0.2) is 0 Å². The van der Waals surface area contributed by atoms with Gasteiger partial charge >= 0.3 is 6.03 Å². The van der Waals surface area contributed by atoms with Crippen LogP contribution in [0.15, 0.2) is 0 Å². The van der Waals surface area contributed by atoms with Crippen molar-refractivity contribution in [2.75, 3.05) is 39.9 Å². The van der Waals surface area contributed by atoms with Gasteiger partial charge in [0.25, 0.3) is 0 Å². The topological polar surface area (TPSA) is 44.8 Å². The van der Waals surface area contributed by atoms with E-state index >= 15 is 0 Å². The van der Waals surface area contributed by atoms with Crippen LogP contribution in [0.5, 0.6) is 0 Å². The van der Waals surface area contributed by atoms with Crippen LogP contribution >= 0.6 is 0 Å². The summed E-state index contributed by atoms with van der Waals surface area (Å²) in [5.41, 5.74) is 0. The fourth-order valence-corrected chi connectivity index (χ4v) is 3.38. The van der Waals surface area contributed by atoms with Gasteiger partial charge in [-0.2, -0.15) is 0 Å². The number of morpholine rings is 1. The monoisotopic (exact) mass is 267 g/mol. The van der Waals surface area contributed by atoms with Crippen LogP contribution in [0.25, 0.3) is 0 Å². The zero-order valence-electron chi connectivity index (χ0n) is 11.8. The van der Waals surface area contributed by atoms with Crippen LogP contribution in [0.2, 0.25) is 0 Å². The number of hydrogen-bond donors (Lipinski definition) is 1. The summed E-state index contributed by atoms with van der Waals surface area (Å²) < 4.78 is 5.45. The van der Waals surface area contributed by atoms with Gasteiger partial charge in [-0.15, -0.1) is 0 Å². The zero-order chi connectivity index (χ0) is 13.2. The molecule has 1 saturated carbocycles. The maximum absolute atomic E-state index is 12.2. The van der Waals surface area contributed by atoms with Crippen molar-refractivity contribution in [3.8, 4) is 0 Å². The molecular formula is C14H25N3O2. The van der Waals surface area contributed by atoms with Crippen LogP contribution in [-0.2, 0) is 4.74 Å². The van der Waals surface area contributed by atoms with E-state index in [1.54, 1.807) is 0 Å². The number of hydrogen-bond acceptors (Lipinski definition) is 3. The first kappa shape index (κ1) is 13.2. The van der Waals surface area contributed by atoms with Crippen LogP contribution < -0.4 is 5.32 Å². The molecule has 2 heterocycles. The third kappa shape index (κ3) is 2.72. The number of rotatable bonds is 4. The van der Waals surface area contributed by atoms with E-state index in [9.17, 15) is 4.79 Å². The summed E-state index contributed by atoms with van der Waals surface area (Å²) in [6.07, 6.45) is 4.94. The first-order valence-electron chi connectivity index (χ1n) is 7.58. The second-order valence-electron chi connectivity index (χ2n) is 6.11. The van der Waals surface area contributed by atoms with Gasteiger partial charge in [-0.25, -0.2) is 4.79 Å². The maximum atomic E-state index is 12.2. The van der Waals surface area contributed by atoms with E-state index in [1.807, 2.05) is 16.8 Å². The summed E-state index contributed by atoms with van der Waals surface area (Å²) in [5.74, 6) is 0.745. The number of likely N-dealkylation sites (N-methyl/N-ethyl adjacent to an activating group) is 1. The highest BCUT2D eigenvalue weighted by atomic mass is 16.5. The van der Waals surface area contributed by atoms with E-state index in [2.05, 4.69) is 5.32 Å². The van der Waals surface area contributed by atoms with Crippen molar-refractivity contribution < 1.29 is 9.53 Å². The van der Waals surface area contributed by atoms with Crippen molar-refractivity contribution in [1.29, 1.82) is 0 Å². The fraction of sp³-hybridized carbons (Fsp3) is 0.929. The largest absolute Gasteiger partial charge is 0.379 e. The first-order chi connectivity index (χ1) is 9.25. The molecule has 0 aromatic carbocycles. The highest BCUT2D eigenvalue weighted by Crippen LogP contribution is 2.35. The lowest BCUT2D eigenvalue weighted by molar-refractivity contribution is 0.0716. The van der Waals surface area contributed by atoms with Crippen molar-refractivity contribution in [2.24, 2.45) is 5.92 Å². The van der Waals surface area contributed by atoms with Gasteiger partial charge in [-0.3, -0.25) is 0 Å². The molecule has 0 spiro atoms. The number of ether oxygens (including phenoxy) is 1. The summed E-state index contributed by atoms with van der Waals surface area (Å²) in [4.78, 5) is 16.2. The van der Waals surface area contributed by atoms with Crippen LogP contribution in [0.3, 0.4) is 0 Å². The molecule has 0 aromatic heterocycles. The molecule has 2 aliphatic heterocycles. The van der Waals surface area contributed by atoms with Crippen LogP contribution in [-0.4, -0.2) is 67.8 Å². The molecule has 0 aromatic rings. The summed E-state index contributed by atoms with van der Waals surface area (Å²) in [5, 5.41) is 3.45. The van der Waals surface area contributed by atoms with E-state index in [1.165, 1.54) is 19.3 Å². The van der Waals surface area contributed by atoms with Crippen LogP contribution in [0, 0.1) is 5.92 Å². The molecule has 0 radical (unpaired) electrons. The molecule has 1 N–H and O–H groups in total. The average molecular weight is 267 g/mol. The Bertz CT molecular complexity index is 327. The molecule has 2 amide bonds. The van der Waals surface area contributed by atoms with Crippen molar-refractivity contribution in [1.82, 2.24) is 15.1 Å².